The topological polar surface area (TPSA) is 161 Å². The summed E-state index contributed by atoms with van der Waals surface area (Å²) in [6.45, 7) is 16.4. The molecule has 286 valence electrons. The number of nitrogens with one attached hydrogen (secondary N) is 5. The molecule has 2 unspecified atom stereocenters. The van der Waals surface area contributed by atoms with Crippen LogP contribution in [0, 0.1) is 0 Å². The summed E-state index contributed by atoms with van der Waals surface area (Å²) in [5.41, 5.74) is 0.933. The Morgan fingerprint density at radius 2 is 1.56 bits per heavy atom. The first-order valence-electron chi connectivity index (χ1n) is 18.1. The third-order valence-electron chi connectivity index (χ3n) is 8.78. The normalized spacial score (nSPS) is 23.0. The summed E-state index contributed by atoms with van der Waals surface area (Å²) in [4.78, 5) is 55.7. The Bertz CT molecular complexity index is 1510. The number of rotatable bonds is 14. The third kappa shape index (κ3) is 12.6. The number of hydrogen-bond acceptors (Lipinski definition) is 9. The molecule has 2 aliphatic heterocycles. The number of β-amino-alcohol motifs (C(OH)–C–C–N with tert-alkyl or cyclic N) is 1. The summed E-state index contributed by atoms with van der Waals surface area (Å²) in [6.07, 6.45) is -0.533. The molecule has 0 bridgehead atoms. The zero-order valence-corrected chi connectivity index (χ0v) is 32.6. The molecule has 6 atom stereocenters. The first-order chi connectivity index (χ1) is 24.3. The van der Waals surface area contributed by atoms with Crippen LogP contribution in [0.4, 0.5) is 0 Å². The van der Waals surface area contributed by atoms with Gasteiger partial charge in [-0.25, -0.2) is 0 Å². The van der Waals surface area contributed by atoms with Crippen LogP contribution in [0.2, 0.25) is 0 Å². The smallest absolute Gasteiger partial charge is 0.245 e. The second-order valence-corrected chi connectivity index (χ2v) is 18.1. The lowest BCUT2D eigenvalue weighted by Gasteiger charge is -2.29. The van der Waals surface area contributed by atoms with Gasteiger partial charge < -0.3 is 31.1 Å². The van der Waals surface area contributed by atoms with E-state index in [0.29, 0.717) is 13.0 Å². The Morgan fingerprint density at radius 3 is 2.15 bits per heavy atom. The highest BCUT2D eigenvalue weighted by molar-refractivity contribution is 8.01. The Hall–Kier alpha value is -3.49. The predicted molar refractivity (Wildman–Crippen MR) is 204 cm³/mol. The number of ether oxygens (including phenoxy) is 1. The molecule has 0 saturated carbocycles. The van der Waals surface area contributed by atoms with Gasteiger partial charge in [0, 0.05) is 36.5 Å². The van der Waals surface area contributed by atoms with Crippen molar-refractivity contribution in [2.45, 2.75) is 126 Å². The highest BCUT2D eigenvalue weighted by atomic mass is 32.2. The van der Waals surface area contributed by atoms with Crippen molar-refractivity contribution in [3.05, 3.63) is 71.8 Å². The maximum absolute atomic E-state index is 13.7. The minimum absolute atomic E-state index is 0.0356. The molecule has 4 amide bonds. The van der Waals surface area contributed by atoms with Crippen LogP contribution in [0.1, 0.15) is 72.9 Å². The van der Waals surface area contributed by atoms with Crippen molar-refractivity contribution >= 4 is 35.4 Å². The van der Waals surface area contributed by atoms with Gasteiger partial charge in [-0.1, -0.05) is 60.7 Å². The quantitative estimate of drug-likeness (QED) is 0.171. The van der Waals surface area contributed by atoms with Crippen LogP contribution >= 0.6 is 11.8 Å². The van der Waals surface area contributed by atoms with E-state index >= 15 is 0 Å². The number of benzene rings is 2. The van der Waals surface area contributed by atoms with E-state index in [4.69, 9.17) is 4.74 Å². The molecular weight excluding hydrogens is 681 g/mol. The van der Waals surface area contributed by atoms with Crippen LogP contribution in [0.25, 0.3) is 0 Å². The summed E-state index contributed by atoms with van der Waals surface area (Å²) in [5, 5.41) is 25.6. The standard InChI is InChI=1S/C39H58N6O6S/c1-37(2,3)44-33(48)29-20-28(51-38(4,5)6)24-45(29)23-27(46)22-41-35(50)32-39(7,8)52-36(43-32)31(34(49)40-21-26-17-13-10-14-18-26)42-30(47)19-25-15-11-9-12-16-25/h9-18,27-29,31-32,36,43,46H,19-24H2,1-8H3,(H,40,49)(H,41,50)(H,42,47)(H,44,48)/t27?,28-,29+,31?,32+,36-/m1/s1. The number of likely N-dealkylation sites (tertiary alicyclic amines) is 1. The summed E-state index contributed by atoms with van der Waals surface area (Å²) in [6, 6.07) is 16.6. The Morgan fingerprint density at radius 1 is 0.942 bits per heavy atom. The Balaban J connectivity index is 1.40. The minimum atomic E-state index is -0.970. The van der Waals surface area contributed by atoms with Gasteiger partial charge in [0.2, 0.25) is 23.6 Å². The minimum Gasteiger partial charge on any atom is -0.390 e. The molecule has 0 aliphatic carbocycles. The van der Waals surface area contributed by atoms with Crippen molar-refractivity contribution in [3.63, 3.8) is 0 Å². The molecule has 0 aromatic heterocycles. The van der Waals surface area contributed by atoms with Crippen LogP contribution in [0.15, 0.2) is 60.7 Å². The third-order valence-corrected chi connectivity index (χ3v) is 10.3. The van der Waals surface area contributed by atoms with E-state index < -0.39 is 39.9 Å². The average molecular weight is 739 g/mol. The van der Waals surface area contributed by atoms with Crippen LogP contribution in [0.5, 0.6) is 0 Å². The largest absolute Gasteiger partial charge is 0.390 e. The van der Waals surface area contributed by atoms with E-state index in [2.05, 4.69) is 26.6 Å². The molecule has 2 heterocycles. The van der Waals surface area contributed by atoms with Gasteiger partial charge in [-0.2, -0.15) is 0 Å². The highest BCUT2D eigenvalue weighted by Gasteiger charge is 2.49. The van der Waals surface area contributed by atoms with Gasteiger partial charge in [-0.3, -0.25) is 29.4 Å². The number of carbonyl (C=O) groups is 4. The molecule has 2 saturated heterocycles. The Kier molecular flexibility index (Phi) is 13.9. The van der Waals surface area contributed by atoms with E-state index in [1.54, 1.807) is 0 Å². The first-order valence-corrected chi connectivity index (χ1v) is 19.0. The number of amides is 4. The molecule has 13 heteroatoms. The summed E-state index contributed by atoms with van der Waals surface area (Å²) < 4.78 is 5.55. The average Bonchev–Trinajstić information content (AvgIpc) is 3.59. The van der Waals surface area contributed by atoms with E-state index in [1.807, 2.05) is 121 Å². The van der Waals surface area contributed by atoms with Gasteiger partial charge in [0.25, 0.3) is 0 Å². The van der Waals surface area contributed by atoms with Gasteiger partial charge in [0.1, 0.15) is 12.1 Å². The van der Waals surface area contributed by atoms with Gasteiger partial charge >= 0.3 is 0 Å². The SMILES string of the molecule is CC(C)(C)NC(=O)[C@@H]1C[C@@H](OC(C)(C)C)CN1CC(O)CNC(=O)[C@@H]1N[C@@H](C(NC(=O)Cc2ccccc2)C(=O)NCc2ccccc2)SC1(C)C. The maximum atomic E-state index is 13.7. The van der Waals surface area contributed by atoms with E-state index in [9.17, 15) is 24.3 Å². The van der Waals surface area contributed by atoms with Crippen molar-refractivity contribution in [2.75, 3.05) is 19.6 Å². The molecule has 2 aromatic carbocycles. The fourth-order valence-electron chi connectivity index (χ4n) is 6.56. The van der Waals surface area contributed by atoms with Crippen molar-refractivity contribution < 1.29 is 29.0 Å². The monoisotopic (exact) mass is 738 g/mol. The van der Waals surface area contributed by atoms with Gasteiger partial charge in [0.05, 0.1) is 35.6 Å². The zero-order chi connectivity index (χ0) is 38.3. The molecule has 2 aliphatic rings. The van der Waals surface area contributed by atoms with E-state index in [1.165, 1.54) is 11.8 Å². The number of carbonyl (C=O) groups excluding carboxylic acids is 4. The van der Waals surface area contributed by atoms with Crippen molar-refractivity contribution in [1.29, 1.82) is 0 Å². The summed E-state index contributed by atoms with van der Waals surface area (Å²) >= 11 is 1.41. The van der Waals surface area contributed by atoms with Crippen LogP contribution < -0.4 is 26.6 Å². The molecule has 2 aromatic rings. The lowest BCUT2D eigenvalue weighted by atomic mass is 10.0. The molecule has 6 N–H and O–H groups in total. The highest BCUT2D eigenvalue weighted by Crippen LogP contribution is 2.39. The number of aliphatic hydroxyl groups excluding tert-OH is 1. The van der Waals surface area contributed by atoms with Crippen LogP contribution in [-0.4, -0.2) is 105 Å². The second kappa shape index (κ2) is 17.6. The molecular formula is C39H58N6O6S. The summed E-state index contributed by atoms with van der Waals surface area (Å²) in [7, 11) is 0. The van der Waals surface area contributed by atoms with Gasteiger partial charge in [0.15, 0.2) is 0 Å². The van der Waals surface area contributed by atoms with Crippen molar-refractivity contribution in [3.8, 4) is 0 Å². The van der Waals surface area contributed by atoms with E-state index in [0.717, 1.165) is 11.1 Å². The number of thioether (sulfide) groups is 1. The fraction of sp³-hybridized carbons (Fsp3) is 0.590. The van der Waals surface area contributed by atoms with Crippen LogP contribution in [-0.2, 0) is 36.9 Å². The first kappa shape index (κ1) is 41.3. The lowest BCUT2D eigenvalue weighted by molar-refractivity contribution is -0.129. The molecule has 2 fully saturated rings. The van der Waals surface area contributed by atoms with Gasteiger partial charge in [-0.15, -0.1) is 11.8 Å². The number of nitrogens with zero attached hydrogens (tertiary/aromatic N) is 1. The summed E-state index contributed by atoms with van der Waals surface area (Å²) in [5.74, 6) is -1.14. The van der Waals surface area contributed by atoms with E-state index in [-0.39, 0.29) is 61.4 Å². The molecule has 0 spiro atoms. The fourth-order valence-corrected chi connectivity index (χ4v) is 8.06. The molecule has 52 heavy (non-hydrogen) atoms. The predicted octanol–water partition coefficient (Wildman–Crippen LogP) is 2.49. The number of aliphatic hydroxyl groups is 1. The molecule has 4 rings (SSSR count). The lowest BCUT2D eigenvalue weighted by Crippen LogP contribution is -2.58. The maximum Gasteiger partial charge on any atom is 0.245 e. The zero-order valence-electron chi connectivity index (χ0n) is 31.8. The second-order valence-electron chi connectivity index (χ2n) is 16.3. The van der Waals surface area contributed by atoms with Gasteiger partial charge in [-0.05, 0) is 72.9 Å². The molecule has 12 nitrogen and oxygen atoms in total. The molecule has 0 radical (unpaired) electrons. The van der Waals surface area contributed by atoms with Crippen LogP contribution in [0.3, 0.4) is 0 Å². The van der Waals surface area contributed by atoms with Crippen molar-refractivity contribution in [1.82, 2.24) is 31.5 Å². The Labute approximate surface area is 313 Å². The van der Waals surface area contributed by atoms with Crippen molar-refractivity contribution in [2.24, 2.45) is 0 Å². The number of hydrogen-bond donors (Lipinski definition) is 6.